The van der Waals surface area contributed by atoms with Crippen LogP contribution in [0.2, 0.25) is 0 Å². The number of para-hydroxylation sites is 1. The van der Waals surface area contributed by atoms with Crippen molar-refractivity contribution in [1.29, 1.82) is 0 Å². The Morgan fingerprint density at radius 2 is 1.72 bits per heavy atom. The summed E-state index contributed by atoms with van der Waals surface area (Å²) in [6.45, 7) is 2.43. The van der Waals surface area contributed by atoms with Gasteiger partial charge in [-0.3, -0.25) is 5.48 Å². The van der Waals surface area contributed by atoms with Gasteiger partial charge < -0.3 is 5.32 Å². The zero-order chi connectivity index (χ0) is 13.3. The Morgan fingerprint density at radius 1 is 1.11 bits per heavy atom. The molecule has 0 saturated carbocycles. The molecule has 1 aliphatic heterocycles. The minimum atomic E-state index is -4.66. The van der Waals surface area contributed by atoms with Crippen molar-refractivity contribution in [2.45, 2.75) is 6.36 Å². The smallest absolute Gasteiger partial charge is 0.315 e. The number of rotatable bonds is 2. The third-order valence-electron chi connectivity index (χ3n) is 1.90. The van der Waals surface area contributed by atoms with Gasteiger partial charge in [0.2, 0.25) is 0 Å². The molecule has 1 fully saturated rings. The Balaban J connectivity index is 0.000000225. The van der Waals surface area contributed by atoms with Gasteiger partial charge in [0, 0.05) is 24.6 Å². The van der Waals surface area contributed by atoms with Crippen molar-refractivity contribution >= 4 is 17.4 Å². The van der Waals surface area contributed by atoms with Gasteiger partial charge in [-0.1, -0.05) is 18.2 Å². The van der Waals surface area contributed by atoms with Crippen LogP contribution in [0.1, 0.15) is 0 Å². The highest BCUT2D eigenvalue weighted by molar-refractivity contribution is 7.99. The molecule has 0 radical (unpaired) electrons. The molecule has 1 heterocycles. The molecule has 0 bridgehead atoms. The number of hydrogen-bond acceptors (Lipinski definition) is 4. The van der Waals surface area contributed by atoms with Crippen LogP contribution in [-0.4, -0.2) is 31.0 Å². The Morgan fingerprint density at radius 3 is 2.11 bits per heavy atom. The number of hydrogen-bond donors (Lipinski definition) is 2. The van der Waals surface area contributed by atoms with Crippen molar-refractivity contribution in [3.05, 3.63) is 30.3 Å². The second-order valence-corrected chi connectivity index (χ2v) is 4.60. The maximum Gasteiger partial charge on any atom is 0.543 e. The minimum Gasteiger partial charge on any atom is -0.315 e. The van der Waals surface area contributed by atoms with E-state index in [1.54, 1.807) is 23.7 Å². The Kier molecular flexibility index (Phi) is 6.92. The fraction of sp³-hybridized carbons (Fsp3) is 0.455. The Hall–Kier alpha value is -0.920. The van der Waals surface area contributed by atoms with Crippen molar-refractivity contribution in [1.82, 2.24) is 5.32 Å². The van der Waals surface area contributed by atoms with Gasteiger partial charge in [0.1, 0.15) is 0 Å². The molecule has 1 aliphatic rings. The molecule has 1 aromatic carbocycles. The molecule has 0 aliphatic carbocycles. The van der Waals surface area contributed by atoms with E-state index in [4.69, 9.17) is 0 Å². The van der Waals surface area contributed by atoms with Gasteiger partial charge in [0.15, 0.2) is 0 Å². The van der Waals surface area contributed by atoms with Crippen LogP contribution in [0.4, 0.5) is 18.9 Å². The molecule has 0 spiro atoms. The monoisotopic (exact) mass is 280 g/mol. The third kappa shape index (κ3) is 8.21. The number of anilines is 1. The predicted molar refractivity (Wildman–Crippen MR) is 67.4 cm³/mol. The van der Waals surface area contributed by atoms with E-state index in [0.717, 1.165) is 0 Å². The average Bonchev–Trinajstić information content (AvgIpc) is 2.40. The van der Waals surface area contributed by atoms with Crippen molar-refractivity contribution in [2.24, 2.45) is 0 Å². The van der Waals surface area contributed by atoms with E-state index in [-0.39, 0.29) is 5.69 Å². The van der Waals surface area contributed by atoms with E-state index in [0.29, 0.717) is 0 Å². The van der Waals surface area contributed by atoms with E-state index in [9.17, 15) is 13.2 Å². The first-order chi connectivity index (χ1) is 8.58. The third-order valence-corrected chi connectivity index (χ3v) is 2.89. The van der Waals surface area contributed by atoms with Gasteiger partial charge in [-0.2, -0.15) is 16.6 Å². The number of nitrogens with one attached hydrogen (secondary N) is 2. The molecule has 0 unspecified atom stereocenters. The van der Waals surface area contributed by atoms with E-state index in [2.05, 4.69) is 10.2 Å². The SMILES string of the molecule is C1CSCCN1.FC(F)(F)ONc1ccccc1. The fourth-order valence-corrected chi connectivity index (χ4v) is 1.92. The second kappa shape index (κ2) is 8.23. The van der Waals surface area contributed by atoms with Crippen molar-refractivity contribution in [3.8, 4) is 0 Å². The fourth-order valence-electron chi connectivity index (χ4n) is 1.14. The van der Waals surface area contributed by atoms with Crippen molar-refractivity contribution in [2.75, 3.05) is 30.1 Å². The molecule has 2 N–H and O–H groups in total. The largest absolute Gasteiger partial charge is 0.543 e. The van der Waals surface area contributed by atoms with Crippen molar-refractivity contribution in [3.63, 3.8) is 0 Å². The molecular weight excluding hydrogens is 265 g/mol. The van der Waals surface area contributed by atoms with Crippen LogP contribution < -0.4 is 10.8 Å². The summed E-state index contributed by atoms with van der Waals surface area (Å²) < 4.78 is 34.4. The molecule has 102 valence electrons. The van der Waals surface area contributed by atoms with Gasteiger partial charge >= 0.3 is 6.36 Å². The molecule has 2 rings (SSSR count). The highest BCUT2D eigenvalue weighted by Crippen LogP contribution is 2.17. The van der Waals surface area contributed by atoms with Gasteiger partial charge in [0.05, 0.1) is 5.69 Å². The zero-order valence-corrected chi connectivity index (χ0v) is 10.5. The van der Waals surface area contributed by atoms with Gasteiger partial charge in [0.25, 0.3) is 0 Å². The molecule has 1 saturated heterocycles. The van der Waals surface area contributed by atoms with Crippen LogP contribution in [0.15, 0.2) is 30.3 Å². The van der Waals surface area contributed by atoms with Gasteiger partial charge in [-0.15, -0.1) is 13.2 Å². The molecule has 7 heteroatoms. The van der Waals surface area contributed by atoms with E-state index >= 15 is 0 Å². The van der Waals surface area contributed by atoms with Crippen LogP contribution >= 0.6 is 11.8 Å². The summed E-state index contributed by atoms with van der Waals surface area (Å²) >= 11 is 2.03. The quantitative estimate of drug-likeness (QED) is 0.816. The standard InChI is InChI=1S/C7H6F3NO.C4H9NS/c8-7(9,10)12-11-6-4-2-1-3-5-6;1-3-6-4-2-5-1/h1-5,11H;5H,1-4H2. The second-order valence-electron chi connectivity index (χ2n) is 3.38. The maximum absolute atomic E-state index is 11.5. The van der Waals surface area contributed by atoms with Gasteiger partial charge in [-0.05, 0) is 12.1 Å². The predicted octanol–water partition coefficient (Wildman–Crippen LogP) is 2.87. The van der Waals surface area contributed by atoms with E-state index < -0.39 is 6.36 Å². The number of benzene rings is 1. The molecule has 0 amide bonds. The molecule has 18 heavy (non-hydrogen) atoms. The lowest BCUT2D eigenvalue weighted by Crippen LogP contribution is -2.24. The molecule has 3 nitrogen and oxygen atoms in total. The van der Waals surface area contributed by atoms with Gasteiger partial charge in [-0.25, -0.2) is 0 Å². The van der Waals surface area contributed by atoms with E-state index in [1.807, 2.05) is 11.8 Å². The molecule has 1 aromatic rings. The topological polar surface area (TPSA) is 33.3 Å². The maximum atomic E-state index is 11.5. The van der Waals surface area contributed by atoms with Crippen LogP contribution in [0, 0.1) is 0 Å². The summed E-state index contributed by atoms with van der Waals surface area (Å²) in [6, 6.07) is 7.82. The molecular formula is C11H15F3N2OS. The van der Waals surface area contributed by atoms with Crippen LogP contribution in [-0.2, 0) is 4.84 Å². The Labute approximate surface area is 108 Å². The summed E-state index contributed by atoms with van der Waals surface area (Å²) in [6.07, 6.45) is -4.66. The summed E-state index contributed by atoms with van der Waals surface area (Å²) in [5.41, 5.74) is 2.02. The Bertz CT molecular complexity index is 306. The van der Waals surface area contributed by atoms with E-state index in [1.165, 1.54) is 36.7 Å². The molecule has 0 atom stereocenters. The zero-order valence-electron chi connectivity index (χ0n) is 9.67. The summed E-state index contributed by atoms with van der Waals surface area (Å²) in [5, 5.41) is 3.26. The highest BCUT2D eigenvalue weighted by Gasteiger charge is 2.29. The lowest BCUT2D eigenvalue weighted by molar-refractivity contribution is -0.311. The normalized spacial score (nSPS) is 15.5. The highest BCUT2D eigenvalue weighted by atomic mass is 32.2. The number of thioether (sulfide) groups is 1. The lowest BCUT2D eigenvalue weighted by Gasteiger charge is -2.08. The minimum absolute atomic E-state index is 0.259. The van der Waals surface area contributed by atoms with Crippen LogP contribution in [0.25, 0.3) is 0 Å². The summed E-state index contributed by atoms with van der Waals surface area (Å²) in [4.78, 5) is 3.37. The summed E-state index contributed by atoms with van der Waals surface area (Å²) in [7, 11) is 0. The number of halogens is 3. The first-order valence-corrected chi connectivity index (χ1v) is 6.58. The van der Waals surface area contributed by atoms with Crippen molar-refractivity contribution < 1.29 is 18.0 Å². The lowest BCUT2D eigenvalue weighted by atomic mass is 10.3. The van der Waals surface area contributed by atoms with Crippen LogP contribution in [0.3, 0.4) is 0 Å². The number of alkyl halides is 3. The molecule has 0 aromatic heterocycles. The first kappa shape index (κ1) is 15.1. The summed E-state index contributed by atoms with van der Waals surface area (Å²) in [5.74, 6) is 2.61. The average molecular weight is 280 g/mol. The van der Waals surface area contributed by atoms with Crippen LogP contribution in [0.5, 0.6) is 0 Å². The first-order valence-electron chi connectivity index (χ1n) is 5.42.